The molecule has 0 aromatic carbocycles. The summed E-state index contributed by atoms with van der Waals surface area (Å²) in [7, 11) is 0. The van der Waals surface area contributed by atoms with Crippen molar-refractivity contribution >= 4 is 5.91 Å². The molecule has 0 aliphatic carbocycles. The molecule has 4 nitrogen and oxygen atoms in total. The Morgan fingerprint density at radius 1 is 1.47 bits per heavy atom. The van der Waals surface area contributed by atoms with Crippen molar-refractivity contribution in [1.29, 1.82) is 0 Å². The third-order valence-corrected chi connectivity index (χ3v) is 3.49. The fourth-order valence-corrected chi connectivity index (χ4v) is 2.10. The number of carbonyl (C=O) groups is 1. The summed E-state index contributed by atoms with van der Waals surface area (Å²) in [4.78, 5) is 12.1. The number of ether oxygens (including phenoxy) is 1. The summed E-state index contributed by atoms with van der Waals surface area (Å²) in [5.41, 5.74) is 0. The van der Waals surface area contributed by atoms with Gasteiger partial charge in [-0.3, -0.25) is 4.79 Å². The van der Waals surface area contributed by atoms with Crippen molar-refractivity contribution in [1.82, 2.24) is 10.6 Å². The molecule has 0 bridgehead atoms. The average molecular weight is 242 g/mol. The van der Waals surface area contributed by atoms with E-state index in [1.807, 2.05) is 6.92 Å². The van der Waals surface area contributed by atoms with Crippen LogP contribution in [0.3, 0.4) is 0 Å². The Labute approximate surface area is 104 Å². The zero-order valence-electron chi connectivity index (χ0n) is 11.5. The summed E-state index contributed by atoms with van der Waals surface area (Å²) >= 11 is 0. The summed E-state index contributed by atoms with van der Waals surface area (Å²) in [6.07, 6.45) is 0. The minimum atomic E-state index is 0.109. The van der Waals surface area contributed by atoms with Gasteiger partial charge < -0.3 is 15.4 Å². The minimum Gasteiger partial charge on any atom is -0.380 e. The van der Waals surface area contributed by atoms with E-state index in [2.05, 4.69) is 31.4 Å². The van der Waals surface area contributed by atoms with Crippen molar-refractivity contribution in [2.75, 3.05) is 26.3 Å². The van der Waals surface area contributed by atoms with Crippen LogP contribution < -0.4 is 10.6 Å². The number of amides is 1. The van der Waals surface area contributed by atoms with Crippen LogP contribution in [0.2, 0.25) is 0 Å². The van der Waals surface area contributed by atoms with E-state index in [0.717, 1.165) is 13.1 Å². The van der Waals surface area contributed by atoms with E-state index >= 15 is 0 Å². The minimum absolute atomic E-state index is 0.109. The van der Waals surface area contributed by atoms with Crippen molar-refractivity contribution in [3.8, 4) is 0 Å². The maximum atomic E-state index is 12.1. The lowest BCUT2D eigenvalue weighted by atomic mass is 9.96. The highest BCUT2D eigenvalue weighted by Crippen LogP contribution is 2.16. The molecule has 0 radical (unpaired) electrons. The summed E-state index contributed by atoms with van der Waals surface area (Å²) in [6, 6.07) is 0.121. The van der Waals surface area contributed by atoms with Gasteiger partial charge in [-0.05, 0) is 25.3 Å². The van der Waals surface area contributed by atoms with Crippen molar-refractivity contribution in [2.45, 2.75) is 33.7 Å². The Morgan fingerprint density at radius 2 is 2.18 bits per heavy atom. The van der Waals surface area contributed by atoms with E-state index in [0.29, 0.717) is 25.0 Å². The Morgan fingerprint density at radius 3 is 2.65 bits per heavy atom. The molecule has 2 N–H and O–H groups in total. The molecule has 17 heavy (non-hydrogen) atoms. The molecule has 0 aromatic rings. The largest absolute Gasteiger partial charge is 0.380 e. The van der Waals surface area contributed by atoms with Crippen molar-refractivity contribution in [3.63, 3.8) is 0 Å². The number of nitrogens with one attached hydrogen (secondary N) is 2. The Bertz CT molecular complexity index is 244. The van der Waals surface area contributed by atoms with Crippen molar-refractivity contribution in [2.24, 2.45) is 17.8 Å². The molecule has 1 amide bonds. The predicted molar refractivity (Wildman–Crippen MR) is 68.8 cm³/mol. The molecule has 1 rings (SSSR count). The second kappa shape index (κ2) is 6.97. The van der Waals surface area contributed by atoms with E-state index in [4.69, 9.17) is 4.74 Å². The second-order valence-electron chi connectivity index (χ2n) is 5.26. The zero-order valence-corrected chi connectivity index (χ0v) is 11.5. The molecular weight excluding hydrogens is 216 g/mol. The predicted octanol–water partition coefficient (Wildman–Crippen LogP) is 1.02. The molecule has 1 saturated heterocycles. The molecule has 100 valence electrons. The van der Waals surface area contributed by atoms with Crippen LogP contribution in [-0.2, 0) is 9.53 Å². The van der Waals surface area contributed by atoms with Gasteiger partial charge in [0.05, 0.1) is 18.6 Å². The van der Waals surface area contributed by atoms with Gasteiger partial charge in [0.25, 0.3) is 0 Å². The third-order valence-electron chi connectivity index (χ3n) is 3.49. The van der Waals surface area contributed by atoms with Gasteiger partial charge in [-0.25, -0.2) is 0 Å². The Hall–Kier alpha value is -0.610. The van der Waals surface area contributed by atoms with E-state index in [1.54, 1.807) is 0 Å². The molecule has 3 atom stereocenters. The van der Waals surface area contributed by atoms with Crippen LogP contribution in [0, 0.1) is 17.8 Å². The summed E-state index contributed by atoms with van der Waals surface area (Å²) in [5, 5.41) is 6.38. The van der Waals surface area contributed by atoms with Gasteiger partial charge in [-0.1, -0.05) is 20.8 Å². The monoisotopic (exact) mass is 242 g/mol. The molecule has 1 heterocycles. The van der Waals surface area contributed by atoms with Crippen LogP contribution in [0.4, 0.5) is 0 Å². The van der Waals surface area contributed by atoms with E-state index in [-0.39, 0.29) is 17.9 Å². The van der Waals surface area contributed by atoms with Crippen LogP contribution in [0.5, 0.6) is 0 Å². The summed E-state index contributed by atoms with van der Waals surface area (Å²) in [6.45, 7) is 11.4. The number of hydrogen-bond donors (Lipinski definition) is 2. The van der Waals surface area contributed by atoms with E-state index in [9.17, 15) is 4.79 Å². The molecule has 4 heteroatoms. The van der Waals surface area contributed by atoms with Gasteiger partial charge in [-0.15, -0.1) is 0 Å². The van der Waals surface area contributed by atoms with E-state index in [1.165, 1.54) is 0 Å². The molecule has 1 fully saturated rings. The first kappa shape index (κ1) is 14.5. The van der Waals surface area contributed by atoms with Gasteiger partial charge >= 0.3 is 0 Å². The molecule has 0 aromatic heterocycles. The highest BCUT2D eigenvalue weighted by Gasteiger charge is 2.31. The fraction of sp³-hybridized carbons (Fsp3) is 0.923. The molecule has 0 spiro atoms. The lowest BCUT2D eigenvalue weighted by Crippen LogP contribution is -2.46. The molecule has 0 saturated carbocycles. The van der Waals surface area contributed by atoms with Gasteiger partial charge in [0.2, 0.25) is 5.91 Å². The number of hydrogen-bond acceptors (Lipinski definition) is 3. The summed E-state index contributed by atoms with van der Waals surface area (Å²) < 4.78 is 5.42. The highest BCUT2D eigenvalue weighted by molar-refractivity contribution is 5.79. The standard InChI is InChI=1S/C13H26N2O2/c1-5-17-8-12(9(2)3)15-13(16)11-7-14-6-10(11)4/h9-12,14H,5-8H2,1-4H3,(H,15,16)/t10-,11-,12?/m1/s1. The maximum absolute atomic E-state index is 12.1. The van der Waals surface area contributed by atoms with Gasteiger partial charge in [-0.2, -0.15) is 0 Å². The van der Waals surface area contributed by atoms with E-state index < -0.39 is 0 Å². The third kappa shape index (κ3) is 4.28. The van der Waals surface area contributed by atoms with Crippen LogP contribution in [0.1, 0.15) is 27.7 Å². The van der Waals surface area contributed by atoms with Crippen LogP contribution >= 0.6 is 0 Å². The normalized spacial score (nSPS) is 26.2. The lowest BCUT2D eigenvalue weighted by molar-refractivity contribution is -0.127. The van der Waals surface area contributed by atoms with Crippen LogP contribution in [0.25, 0.3) is 0 Å². The molecule has 1 aliphatic rings. The first-order chi connectivity index (χ1) is 8.06. The first-order valence-electron chi connectivity index (χ1n) is 6.65. The molecular formula is C13H26N2O2. The van der Waals surface area contributed by atoms with Gasteiger partial charge in [0, 0.05) is 13.2 Å². The number of rotatable bonds is 6. The first-order valence-corrected chi connectivity index (χ1v) is 6.65. The smallest absolute Gasteiger partial charge is 0.225 e. The molecule has 1 unspecified atom stereocenters. The van der Waals surface area contributed by atoms with Crippen LogP contribution in [-0.4, -0.2) is 38.3 Å². The Balaban J connectivity index is 2.45. The molecule has 1 aliphatic heterocycles. The highest BCUT2D eigenvalue weighted by atomic mass is 16.5. The van der Waals surface area contributed by atoms with Gasteiger partial charge in [0.15, 0.2) is 0 Å². The average Bonchev–Trinajstić information content (AvgIpc) is 2.70. The maximum Gasteiger partial charge on any atom is 0.225 e. The van der Waals surface area contributed by atoms with Crippen molar-refractivity contribution < 1.29 is 9.53 Å². The second-order valence-corrected chi connectivity index (χ2v) is 5.26. The quantitative estimate of drug-likeness (QED) is 0.731. The number of carbonyl (C=O) groups excluding carboxylic acids is 1. The SMILES string of the molecule is CCOCC(NC(=O)[C@@H]1CNC[C@H]1C)C(C)C. The zero-order chi connectivity index (χ0) is 12.8. The van der Waals surface area contributed by atoms with Crippen molar-refractivity contribution in [3.05, 3.63) is 0 Å². The fourth-order valence-electron chi connectivity index (χ4n) is 2.10. The Kier molecular flexibility index (Phi) is 5.92. The summed E-state index contributed by atoms with van der Waals surface area (Å²) in [5.74, 6) is 1.10. The van der Waals surface area contributed by atoms with Crippen LogP contribution in [0.15, 0.2) is 0 Å². The lowest BCUT2D eigenvalue weighted by Gasteiger charge is -2.24. The topological polar surface area (TPSA) is 50.4 Å². The van der Waals surface area contributed by atoms with Gasteiger partial charge in [0.1, 0.15) is 0 Å².